The minimum atomic E-state index is -1.11. The van der Waals surface area contributed by atoms with Crippen LogP contribution in [0.25, 0.3) is 5.53 Å². The Kier molecular flexibility index (Phi) is 7.91. The number of ether oxygens (including phenoxy) is 3. The smallest absolute Gasteiger partial charge is 0.453 e. The van der Waals surface area contributed by atoms with Gasteiger partial charge in [0, 0.05) is 6.42 Å². The highest BCUT2D eigenvalue weighted by Gasteiger charge is 2.47. The monoisotopic (exact) mass is 365 g/mol. The molecule has 1 saturated heterocycles. The van der Waals surface area contributed by atoms with Crippen LogP contribution in [-0.2, 0) is 28.6 Å². The molecule has 0 aromatic rings. The number of ketones is 1. The molecule has 0 spiro atoms. The van der Waals surface area contributed by atoms with Crippen molar-refractivity contribution in [2.75, 3.05) is 13.2 Å². The van der Waals surface area contributed by atoms with Crippen LogP contribution < -0.4 is 5.32 Å². The van der Waals surface area contributed by atoms with Crippen LogP contribution in [0.5, 0.6) is 0 Å². The van der Waals surface area contributed by atoms with Crippen molar-refractivity contribution in [1.82, 2.24) is 5.32 Å². The maximum absolute atomic E-state index is 12.1. The van der Waals surface area contributed by atoms with E-state index in [9.17, 15) is 19.2 Å². The maximum atomic E-state index is 12.1. The molecule has 0 aromatic carbocycles. The maximum Gasteiger partial charge on any atom is 0.508 e. The van der Waals surface area contributed by atoms with Crippen molar-refractivity contribution in [3.63, 3.8) is 0 Å². The standard InChI is InChI=1S/C16H19N3O7/c1-4-6-24-15(22)13(19-17)11(20)8-10-12(14(21)18-10)9(3)26-16(23)25-7-5-2/h4-5,9-10,12H,1-2,6-8H2,3H3,(H,18,21)/t9-,10-,12?/m1/s1. The summed E-state index contributed by atoms with van der Waals surface area (Å²) in [5.41, 5.74) is 8.06. The fraction of sp³-hybridized carbons (Fsp3) is 0.438. The van der Waals surface area contributed by atoms with Gasteiger partial charge < -0.3 is 25.1 Å². The van der Waals surface area contributed by atoms with Gasteiger partial charge >= 0.3 is 17.8 Å². The fourth-order valence-corrected chi connectivity index (χ4v) is 2.27. The molecule has 10 nitrogen and oxygen atoms in total. The Morgan fingerprint density at radius 1 is 1.27 bits per heavy atom. The Hall–Kier alpha value is -3.26. The van der Waals surface area contributed by atoms with Crippen molar-refractivity contribution in [1.29, 1.82) is 0 Å². The highest BCUT2D eigenvalue weighted by molar-refractivity contribution is 6.62. The Bertz CT molecular complexity index is 667. The van der Waals surface area contributed by atoms with Gasteiger partial charge in [-0.15, -0.1) is 0 Å². The first-order chi connectivity index (χ1) is 12.3. The first kappa shape index (κ1) is 20.8. The molecule has 0 radical (unpaired) electrons. The van der Waals surface area contributed by atoms with Crippen molar-refractivity contribution < 1.29 is 38.2 Å². The third kappa shape index (κ3) is 5.38. The summed E-state index contributed by atoms with van der Waals surface area (Å²) in [5.74, 6) is -3.20. The van der Waals surface area contributed by atoms with E-state index in [-0.39, 0.29) is 19.6 Å². The summed E-state index contributed by atoms with van der Waals surface area (Å²) in [6, 6.07) is -0.707. The fourth-order valence-electron chi connectivity index (χ4n) is 2.27. The summed E-state index contributed by atoms with van der Waals surface area (Å²) in [6.45, 7) is 7.98. The zero-order chi connectivity index (χ0) is 19.7. The molecule has 1 fully saturated rings. The Morgan fingerprint density at radius 2 is 1.88 bits per heavy atom. The second kappa shape index (κ2) is 9.90. The topological polar surface area (TPSA) is 144 Å². The minimum absolute atomic E-state index is 0.0481. The van der Waals surface area contributed by atoms with E-state index in [1.807, 2.05) is 0 Å². The zero-order valence-electron chi connectivity index (χ0n) is 14.2. The summed E-state index contributed by atoms with van der Waals surface area (Å²) in [6.07, 6.45) is 0.442. The van der Waals surface area contributed by atoms with Gasteiger partial charge in [-0.2, -0.15) is 4.79 Å². The summed E-state index contributed by atoms with van der Waals surface area (Å²) >= 11 is 0. The van der Waals surface area contributed by atoms with Gasteiger partial charge in [-0.25, -0.2) is 9.59 Å². The second-order valence-electron chi connectivity index (χ2n) is 5.28. The number of esters is 1. The quantitative estimate of drug-likeness (QED) is 0.111. The van der Waals surface area contributed by atoms with E-state index in [4.69, 9.17) is 10.3 Å². The average Bonchev–Trinajstić information content (AvgIpc) is 2.57. The minimum Gasteiger partial charge on any atom is -0.453 e. The molecule has 26 heavy (non-hydrogen) atoms. The summed E-state index contributed by atoms with van der Waals surface area (Å²) < 4.78 is 14.3. The molecular weight excluding hydrogens is 346 g/mol. The van der Waals surface area contributed by atoms with Crippen LogP contribution in [0.1, 0.15) is 13.3 Å². The molecule has 1 unspecified atom stereocenters. The third-order valence-electron chi connectivity index (χ3n) is 3.47. The number of β-lactam (4-membered cyclic amide) rings is 1. The number of rotatable bonds is 10. The molecule has 0 aliphatic carbocycles. The van der Waals surface area contributed by atoms with E-state index in [2.05, 4.69) is 32.7 Å². The molecule has 3 atom stereocenters. The number of carbonyl (C=O) groups excluding carboxylic acids is 4. The Morgan fingerprint density at radius 3 is 2.42 bits per heavy atom. The number of carbonyl (C=O) groups is 4. The van der Waals surface area contributed by atoms with Gasteiger partial charge in [0.2, 0.25) is 5.91 Å². The van der Waals surface area contributed by atoms with Crippen LogP contribution in [0.4, 0.5) is 4.79 Å². The first-order valence-corrected chi connectivity index (χ1v) is 7.63. The van der Waals surface area contributed by atoms with E-state index in [1.54, 1.807) is 0 Å². The summed E-state index contributed by atoms with van der Waals surface area (Å²) in [7, 11) is 0. The molecule has 0 bridgehead atoms. The number of hydrogen-bond donors (Lipinski definition) is 1. The van der Waals surface area contributed by atoms with Crippen LogP contribution in [0.15, 0.2) is 25.3 Å². The lowest BCUT2D eigenvalue weighted by Crippen LogP contribution is -2.63. The highest BCUT2D eigenvalue weighted by atomic mass is 16.7. The van der Waals surface area contributed by atoms with E-state index < -0.39 is 47.6 Å². The largest absolute Gasteiger partial charge is 0.508 e. The molecule has 1 rings (SSSR count). The SMILES string of the molecule is C=CCOC(=O)O[C@H](C)C1C(=O)N[C@@H]1CC(=O)C(=[N+]=[N-])C(=O)OCC=C. The highest BCUT2D eigenvalue weighted by Crippen LogP contribution is 2.24. The third-order valence-corrected chi connectivity index (χ3v) is 3.47. The van der Waals surface area contributed by atoms with E-state index in [0.717, 1.165) is 0 Å². The van der Waals surface area contributed by atoms with Crippen molar-refractivity contribution in [3.05, 3.63) is 30.8 Å². The molecule has 140 valence electrons. The van der Waals surface area contributed by atoms with Crippen molar-refractivity contribution in [3.8, 4) is 0 Å². The van der Waals surface area contributed by atoms with Crippen LogP contribution in [0.2, 0.25) is 0 Å². The molecule has 10 heteroatoms. The zero-order valence-corrected chi connectivity index (χ0v) is 14.2. The molecule has 1 aliphatic rings. The number of nitrogens with one attached hydrogen (secondary N) is 1. The van der Waals surface area contributed by atoms with Crippen molar-refractivity contribution >= 4 is 29.5 Å². The van der Waals surface area contributed by atoms with Gasteiger partial charge in [0.15, 0.2) is 0 Å². The van der Waals surface area contributed by atoms with Crippen LogP contribution in [0.3, 0.4) is 0 Å². The molecule has 0 saturated carbocycles. The Labute approximate surface area is 149 Å². The second-order valence-corrected chi connectivity index (χ2v) is 5.28. The Balaban J connectivity index is 2.66. The van der Waals surface area contributed by atoms with Gasteiger partial charge in [0.05, 0.1) is 12.0 Å². The molecule has 1 N–H and O–H groups in total. The van der Waals surface area contributed by atoms with Gasteiger partial charge in [-0.3, -0.25) is 9.59 Å². The summed E-state index contributed by atoms with van der Waals surface area (Å²) in [5, 5.41) is 2.47. The molecule has 1 amide bonds. The van der Waals surface area contributed by atoms with Gasteiger partial charge in [-0.05, 0) is 6.92 Å². The molecular formula is C16H19N3O7. The van der Waals surface area contributed by atoms with Crippen molar-refractivity contribution in [2.45, 2.75) is 25.5 Å². The number of hydrogen-bond acceptors (Lipinski definition) is 7. The van der Waals surface area contributed by atoms with Gasteiger partial charge in [0.25, 0.3) is 5.78 Å². The predicted molar refractivity (Wildman–Crippen MR) is 86.9 cm³/mol. The van der Waals surface area contributed by atoms with E-state index in [1.165, 1.54) is 19.1 Å². The number of nitrogens with zero attached hydrogens (tertiary/aromatic N) is 2. The number of amides is 1. The molecule has 0 aromatic heterocycles. The lowest BCUT2D eigenvalue weighted by Gasteiger charge is -2.38. The number of Topliss-reactive ketones (excluding diaryl/α,β-unsaturated/α-hetero) is 1. The predicted octanol–water partition coefficient (Wildman–Crippen LogP) is 0.188. The first-order valence-electron chi connectivity index (χ1n) is 7.63. The lowest BCUT2D eigenvalue weighted by molar-refractivity contribution is -0.143. The van der Waals surface area contributed by atoms with Crippen molar-refractivity contribution in [2.24, 2.45) is 5.92 Å². The lowest BCUT2D eigenvalue weighted by atomic mass is 9.82. The van der Waals surface area contributed by atoms with Crippen LogP contribution >= 0.6 is 0 Å². The summed E-state index contributed by atoms with van der Waals surface area (Å²) in [4.78, 5) is 49.5. The molecule has 1 aliphatic heterocycles. The van der Waals surface area contributed by atoms with Crippen LogP contribution in [0, 0.1) is 5.92 Å². The van der Waals surface area contributed by atoms with Gasteiger partial charge in [0.1, 0.15) is 19.3 Å². The average molecular weight is 365 g/mol. The normalized spacial score (nSPS) is 18.9. The molecule has 1 heterocycles. The van der Waals surface area contributed by atoms with Gasteiger partial charge in [-0.1, -0.05) is 25.3 Å². The van der Waals surface area contributed by atoms with E-state index >= 15 is 0 Å². The van der Waals surface area contributed by atoms with E-state index in [0.29, 0.717) is 0 Å². The van der Waals surface area contributed by atoms with Crippen LogP contribution in [-0.4, -0.2) is 59.7 Å².